The zero-order valence-corrected chi connectivity index (χ0v) is 49.1. The molecule has 33 nitrogen and oxygen atoms in total. The van der Waals surface area contributed by atoms with Crippen LogP contribution < -0.4 is 65.1 Å². The second kappa shape index (κ2) is 35.9. The zero-order valence-electron chi connectivity index (χ0n) is 49.1. The Hall–Kier alpha value is -8.40. The first-order chi connectivity index (χ1) is 41.4. The average molecular weight is 1230 g/mol. The van der Waals surface area contributed by atoms with Crippen molar-refractivity contribution in [3.8, 4) is 0 Å². The van der Waals surface area contributed by atoms with Gasteiger partial charge in [0, 0.05) is 44.6 Å². The molecule has 1 saturated heterocycles. The van der Waals surface area contributed by atoms with E-state index in [9.17, 15) is 77.9 Å². The number of amidine groups is 1. The number of fused-ring (bicyclic) bond motifs is 3. The molecule has 10 atom stereocenters. The van der Waals surface area contributed by atoms with Gasteiger partial charge in [-0.25, -0.2) is 14.9 Å². The van der Waals surface area contributed by atoms with Gasteiger partial charge in [-0.1, -0.05) is 12.2 Å². The molecule has 1 unspecified atom stereocenters. The number of carbonyl (C=O) groups is 13. The number of hydroxylamine groups is 4. The number of cyclic esters (lactones) is 1. The third-order valence-electron chi connectivity index (χ3n) is 14.4. The Bertz CT molecular complexity index is 2630. The molecule has 3 heterocycles. The Kier molecular flexibility index (Phi) is 29.3. The monoisotopic (exact) mass is 1230 g/mol. The van der Waals surface area contributed by atoms with Gasteiger partial charge in [0.05, 0.1) is 24.3 Å². The summed E-state index contributed by atoms with van der Waals surface area (Å²) in [5.74, 6) is -10.3. The Morgan fingerprint density at radius 2 is 1.31 bits per heavy atom. The van der Waals surface area contributed by atoms with Crippen molar-refractivity contribution >= 4 is 83.8 Å². The summed E-state index contributed by atoms with van der Waals surface area (Å²) in [5, 5.41) is 53.9. The number of esters is 1. The number of amides is 11. The number of hydrogen-bond donors (Lipinski definition) is 15. The molecular weight excluding hydrogens is 1140 g/mol. The highest BCUT2D eigenvalue weighted by Gasteiger charge is 2.41. The molecule has 0 radical (unpaired) electrons. The number of primary amides is 1. The van der Waals surface area contributed by atoms with Gasteiger partial charge in [0.15, 0.2) is 5.84 Å². The van der Waals surface area contributed by atoms with E-state index in [1.54, 1.807) is 11.0 Å². The first-order valence-electron chi connectivity index (χ1n) is 29.0. The second-order valence-electron chi connectivity index (χ2n) is 21.3. The topological polar surface area (TPSA) is 500 Å². The molecule has 4 aliphatic rings. The predicted octanol–water partition coefficient (Wildman–Crippen LogP) is -4.37. The van der Waals surface area contributed by atoms with Crippen LogP contribution in [0.2, 0.25) is 0 Å². The third kappa shape index (κ3) is 22.8. The van der Waals surface area contributed by atoms with Gasteiger partial charge in [0.1, 0.15) is 48.4 Å². The summed E-state index contributed by atoms with van der Waals surface area (Å²) < 4.78 is 5.78. The number of unbranched alkanes of at least 4 members (excludes halogenated alkanes) is 2. The lowest BCUT2D eigenvalue weighted by molar-refractivity contribution is -0.156. The molecule has 1 fully saturated rings. The van der Waals surface area contributed by atoms with E-state index in [-0.39, 0.29) is 133 Å². The van der Waals surface area contributed by atoms with E-state index in [1.807, 2.05) is 12.2 Å². The van der Waals surface area contributed by atoms with Crippen LogP contribution in [0.3, 0.4) is 0 Å². The van der Waals surface area contributed by atoms with E-state index < -0.39 is 132 Å². The molecule has 0 bridgehead atoms. The van der Waals surface area contributed by atoms with Crippen molar-refractivity contribution in [3.05, 3.63) is 35.2 Å². The molecule has 33 heteroatoms. The molecule has 87 heavy (non-hydrogen) atoms. The second-order valence-corrected chi connectivity index (χ2v) is 21.3. The maximum Gasteiger partial charge on any atom is 0.328 e. The number of aliphatic imine (C=N–C) groups is 1. The van der Waals surface area contributed by atoms with Crippen molar-refractivity contribution < 1.29 is 82.6 Å². The van der Waals surface area contributed by atoms with Gasteiger partial charge in [-0.2, -0.15) is 0 Å². The maximum absolute atomic E-state index is 14.6. The maximum atomic E-state index is 14.6. The van der Waals surface area contributed by atoms with Crippen molar-refractivity contribution in [2.75, 3.05) is 32.7 Å². The summed E-state index contributed by atoms with van der Waals surface area (Å²) in [6.45, 7) is 3.68. The smallest absolute Gasteiger partial charge is 0.328 e. The quantitative estimate of drug-likeness (QED) is 0.00995. The molecule has 0 aromatic rings. The minimum Gasteiger partial charge on any atom is -0.481 e. The van der Waals surface area contributed by atoms with Crippen LogP contribution in [-0.4, -0.2) is 208 Å². The van der Waals surface area contributed by atoms with Gasteiger partial charge in [-0.3, -0.25) is 78.3 Å². The van der Waals surface area contributed by atoms with E-state index in [4.69, 9.17) is 21.9 Å². The first-order valence-corrected chi connectivity index (χ1v) is 29.0. The number of ether oxygens (including phenoxy) is 1. The molecule has 1 aliphatic carbocycles. The van der Waals surface area contributed by atoms with Crippen molar-refractivity contribution in [3.63, 3.8) is 0 Å². The van der Waals surface area contributed by atoms with Gasteiger partial charge in [-0.15, -0.1) is 0 Å². The number of nitrogens with zero attached hydrogens (tertiary/aromatic N) is 4. The average Bonchev–Trinajstić information content (AvgIpc) is 1.12. The summed E-state index contributed by atoms with van der Waals surface area (Å²) in [4.78, 5) is 179. The lowest BCUT2D eigenvalue weighted by Gasteiger charge is -2.44. The molecule has 3 aliphatic heterocycles. The lowest BCUT2D eigenvalue weighted by atomic mass is 9.95. The van der Waals surface area contributed by atoms with E-state index in [0.29, 0.717) is 42.0 Å². The summed E-state index contributed by atoms with van der Waals surface area (Å²) in [6, 6.07) is -12.2. The van der Waals surface area contributed by atoms with Crippen LogP contribution in [0.4, 0.5) is 0 Å². The van der Waals surface area contributed by atoms with Gasteiger partial charge >= 0.3 is 11.9 Å². The van der Waals surface area contributed by atoms with Crippen LogP contribution in [0.25, 0.3) is 0 Å². The normalized spacial score (nSPS) is 22.7. The Morgan fingerprint density at radius 1 is 0.736 bits per heavy atom. The van der Waals surface area contributed by atoms with Gasteiger partial charge in [0.25, 0.3) is 0 Å². The van der Waals surface area contributed by atoms with Crippen LogP contribution >= 0.6 is 0 Å². The molecule has 0 saturated carbocycles. The van der Waals surface area contributed by atoms with E-state index in [2.05, 4.69) is 52.8 Å². The van der Waals surface area contributed by atoms with Crippen molar-refractivity contribution in [1.82, 2.24) is 62.9 Å². The van der Waals surface area contributed by atoms with E-state index in [1.165, 1.54) is 20.8 Å². The van der Waals surface area contributed by atoms with Crippen LogP contribution in [0, 0.1) is 0 Å². The Labute approximate surface area is 502 Å². The fourth-order valence-electron chi connectivity index (χ4n) is 9.68. The van der Waals surface area contributed by atoms with Crippen LogP contribution in [-0.2, 0) is 67.1 Å². The largest absolute Gasteiger partial charge is 0.481 e. The highest BCUT2D eigenvalue weighted by Crippen LogP contribution is 2.34. The van der Waals surface area contributed by atoms with Crippen LogP contribution in [0.1, 0.15) is 124 Å². The number of carbonyl (C=O) groups excluding carboxylic acids is 12. The number of nitrogens with two attached hydrogens (primary N) is 3. The van der Waals surface area contributed by atoms with Gasteiger partial charge in [-0.05, 0) is 123 Å². The third-order valence-corrected chi connectivity index (χ3v) is 14.4. The molecule has 0 spiro atoms. The fourth-order valence-corrected chi connectivity index (χ4v) is 9.68. The lowest BCUT2D eigenvalue weighted by Crippen LogP contribution is -2.63. The summed E-state index contributed by atoms with van der Waals surface area (Å²) >= 11 is 0. The fraction of sp³-hybridized carbons (Fsp3) is 0.630. The van der Waals surface area contributed by atoms with E-state index in [0.717, 1.165) is 0 Å². The van der Waals surface area contributed by atoms with Crippen LogP contribution in [0.5, 0.6) is 0 Å². The minimum atomic E-state index is -1.85. The number of aliphatic carboxylic acids is 1. The standard InChI is InChI=1S/C54H84N16O17/c1-30-47(77)59-31(2)48(78)63-35(15-10-24-68(85)28-71)50(80)66-37(14-7-9-22-56)54(84)87-32(3)45(53(83)60-30)67-51(81)34(13-6-8-21-55)64-49(79)36(16-11-25-69(86)29-72)65-52(82)39(27-44(75)76)61-42-20-23-58-46-38(62-43(74)19-18-41(57)73)26-33-12-4-5-17-40(33)70(42)46/h12,17,26,28-32,34-37,39,42,45,61,85-86H,4-11,13-16,18-25,27,55-56H2,1-3H3,(H2,57,73)(H,59,77)(H,60,83)(H,62,74)(H,63,78)(H,64,79)(H,65,82)(H,66,80)(H,67,81)(H,75,76)/t30-,31+,32-,34+,35?,36-,37+,39+,42+,45+/m1/s1. The SMILES string of the molecule is C[C@@H]1NC(=O)[C@@H](C)NC(=O)[C@@H](NC(=O)[C@H](CCCCN)NC(=O)[C@@H](CCCN(O)C=O)NC(=O)[C@H](CC(=O)O)N[C@@H]2CCN=C3C(NC(=O)CCC(N)=O)=CC4=CCCC=C4N32)[C@@H](C)OC(=O)[C@H](CCCCN)NC(=O)C(CCCN(O)C=O)NC1=O. The number of nitrogens with one attached hydrogen (secondary N) is 9. The number of carboxylic acid groups (broad SMARTS) is 1. The Morgan fingerprint density at radius 3 is 1.95 bits per heavy atom. The van der Waals surface area contributed by atoms with Gasteiger partial charge < -0.3 is 74.5 Å². The zero-order chi connectivity index (χ0) is 64.3. The van der Waals surface area contributed by atoms with E-state index >= 15 is 0 Å². The van der Waals surface area contributed by atoms with Crippen molar-refractivity contribution in [1.29, 1.82) is 0 Å². The van der Waals surface area contributed by atoms with Crippen molar-refractivity contribution in [2.45, 2.75) is 184 Å². The predicted molar refractivity (Wildman–Crippen MR) is 306 cm³/mol. The highest BCUT2D eigenvalue weighted by atomic mass is 16.5. The molecule has 0 aromatic heterocycles. The van der Waals surface area contributed by atoms with Crippen LogP contribution in [0.15, 0.2) is 40.2 Å². The highest BCUT2D eigenvalue weighted by molar-refractivity contribution is 6.05. The molecule has 11 amide bonds. The number of hydrogen-bond acceptors (Lipinski definition) is 21. The number of carboxylic acids is 1. The minimum absolute atomic E-state index is 0.0158. The Balaban J connectivity index is 1.67. The van der Waals surface area contributed by atoms with Gasteiger partial charge in [0.2, 0.25) is 66.0 Å². The van der Waals surface area contributed by atoms with Crippen molar-refractivity contribution in [2.24, 2.45) is 22.2 Å². The molecular formula is C54H84N16O17. The summed E-state index contributed by atoms with van der Waals surface area (Å²) in [7, 11) is 0. The molecule has 0 aromatic carbocycles. The summed E-state index contributed by atoms with van der Waals surface area (Å²) in [5.41, 5.74) is 18.4. The number of rotatable bonds is 32. The number of allylic oxidation sites excluding steroid dienone is 3. The molecule has 4 rings (SSSR count). The first kappa shape index (κ1) is 71.1. The molecule has 18 N–H and O–H groups in total. The molecule has 482 valence electrons. The summed E-state index contributed by atoms with van der Waals surface area (Å²) in [6.07, 6.45) is 3.86.